The van der Waals surface area contributed by atoms with Crippen LogP contribution in [0.2, 0.25) is 0 Å². The van der Waals surface area contributed by atoms with Crippen LogP contribution in [-0.4, -0.2) is 47.7 Å². The Kier molecular flexibility index (Phi) is 8.59. The van der Waals surface area contributed by atoms with Crippen molar-refractivity contribution in [3.8, 4) is 0 Å². The number of carboxylic acids is 1. The topological polar surface area (TPSA) is 105 Å². The van der Waals surface area contributed by atoms with Gasteiger partial charge in [-0.25, -0.2) is 9.59 Å². The molecule has 1 aromatic rings. The summed E-state index contributed by atoms with van der Waals surface area (Å²) in [5.41, 5.74) is 0.829. The molecule has 7 nitrogen and oxygen atoms in total. The molecule has 0 saturated carbocycles. The van der Waals surface area contributed by atoms with E-state index in [1.165, 1.54) is 11.8 Å². The van der Waals surface area contributed by atoms with Crippen molar-refractivity contribution in [2.24, 2.45) is 0 Å². The van der Waals surface area contributed by atoms with Crippen molar-refractivity contribution < 1.29 is 24.2 Å². The molecule has 3 N–H and O–H groups in total. The fourth-order valence-electron chi connectivity index (χ4n) is 1.67. The Morgan fingerprint density at radius 2 is 1.96 bits per heavy atom. The van der Waals surface area contributed by atoms with Gasteiger partial charge in [0.05, 0.1) is 0 Å². The highest BCUT2D eigenvalue weighted by Crippen LogP contribution is 2.01. The second-order valence-electron chi connectivity index (χ2n) is 4.66. The third-order valence-corrected chi connectivity index (χ3v) is 3.49. The fraction of sp³-hybridized carbons (Fsp3) is 0.400. The highest BCUT2D eigenvalue weighted by atomic mass is 32.2. The molecule has 0 radical (unpaired) electrons. The van der Waals surface area contributed by atoms with Crippen LogP contribution in [0.25, 0.3) is 0 Å². The van der Waals surface area contributed by atoms with E-state index < -0.39 is 24.0 Å². The number of ether oxygens (including phenoxy) is 1. The molecule has 0 heterocycles. The molecule has 23 heavy (non-hydrogen) atoms. The van der Waals surface area contributed by atoms with E-state index in [2.05, 4.69) is 10.6 Å². The summed E-state index contributed by atoms with van der Waals surface area (Å²) in [4.78, 5) is 34.1. The molecule has 1 unspecified atom stereocenters. The molecule has 0 bridgehead atoms. The summed E-state index contributed by atoms with van der Waals surface area (Å²) in [6.07, 6.45) is 1.44. The average Bonchev–Trinajstić information content (AvgIpc) is 2.55. The van der Waals surface area contributed by atoms with Crippen molar-refractivity contribution in [1.29, 1.82) is 0 Å². The lowest BCUT2D eigenvalue weighted by Gasteiger charge is -2.14. The van der Waals surface area contributed by atoms with Crippen LogP contribution in [0.3, 0.4) is 0 Å². The van der Waals surface area contributed by atoms with Crippen LogP contribution in [0.15, 0.2) is 30.3 Å². The average molecular weight is 340 g/mol. The largest absolute Gasteiger partial charge is 0.480 e. The van der Waals surface area contributed by atoms with Crippen molar-refractivity contribution in [2.45, 2.75) is 19.1 Å². The summed E-state index contributed by atoms with van der Waals surface area (Å²) in [5, 5.41) is 13.6. The molecule has 1 aromatic carbocycles. The maximum atomic E-state index is 11.6. The van der Waals surface area contributed by atoms with E-state index >= 15 is 0 Å². The third kappa shape index (κ3) is 8.10. The number of hydrogen-bond acceptors (Lipinski definition) is 5. The van der Waals surface area contributed by atoms with Crippen molar-refractivity contribution in [2.75, 3.05) is 18.6 Å². The number of nitrogens with one attached hydrogen (secondary N) is 2. The summed E-state index contributed by atoms with van der Waals surface area (Å²) in [7, 11) is 0. The molecule has 0 aliphatic carbocycles. The number of amides is 2. The van der Waals surface area contributed by atoms with Gasteiger partial charge in [-0.1, -0.05) is 30.3 Å². The first-order valence-corrected chi connectivity index (χ1v) is 8.38. The van der Waals surface area contributed by atoms with E-state index in [0.717, 1.165) is 5.56 Å². The lowest BCUT2D eigenvalue weighted by molar-refractivity contribution is -0.141. The van der Waals surface area contributed by atoms with Gasteiger partial charge in [-0.05, 0) is 24.0 Å². The number of carbonyl (C=O) groups is 3. The van der Waals surface area contributed by atoms with Crippen LogP contribution in [0.5, 0.6) is 0 Å². The molecule has 8 heteroatoms. The maximum Gasteiger partial charge on any atom is 0.407 e. The summed E-state index contributed by atoms with van der Waals surface area (Å²) in [5.74, 6) is -1.06. The quantitative estimate of drug-likeness (QED) is 0.625. The van der Waals surface area contributed by atoms with Crippen molar-refractivity contribution in [3.63, 3.8) is 0 Å². The van der Waals surface area contributed by atoms with Gasteiger partial charge < -0.3 is 20.5 Å². The smallest absolute Gasteiger partial charge is 0.407 e. The van der Waals surface area contributed by atoms with E-state index in [-0.39, 0.29) is 13.2 Å². The van der Waals surface area contributed by atoms with Gasteiger partial charge in [0.15, 0.2) is 0 Å². The molecule has 2 amide bonds. The van der Waals surface area contributed by atoms with E-state index in [9.17, 15) is 14.4 Å². The Morgan fingerprint density at radius 1 is 1.26 bits per heavy atom. The molecule has 0 aromatic heterocycles. The molecule has 126 valence electrons. The SMILES string of the molecule is CSCCC(NC(=O)CNC(=O)OCc1ccccc1)C(=O)O. The van der Waals surface area contributed by atoms with Crippen LogP contribution in [0.1, 0.15) is 12.0 Å². The number of hydrogen-bond donors (Lipinski definition) is 3. The van der Waals surface area contributed by atoms with Crippen molar-refractivity contribution in [3.05, 3.63) is 35.9 Å². The van der Waals surface area contributed by atoms with E-state index in [0.29, 0.717) is 12.2 Å². The van der Waals surface area contributed by atoms with Gasteiger partial charge in [0.25, 0.3) is 0 Å². The van der Waals surface area contributed by atoms with Gasteiger partial charge >= 0.3 is 12.1 Å². The monoisotopic (exact) mass is 340 g/mol. The predicted octanol–water partition coefficient (Wildman–Crippen LogP) is 1.24. The zero-order chi connectivity index (χ0) is 17.1. The molecular weight excluding hydrogens is 320 g/mol. The van der Waals surface area contributed by atoms with E-state index in [1.54, 1.807) is 0 Å². The second kappa shape index (κ2) is 10.5. The normalized spacial score (nSPS) is 11.3. The summed E-state index contributed by atoms with van der Waals surface area (Å²) in [6, 6.07) is 8.16. The Hall–Kier alpha value is -2.22. The molecule has 0 spiro atoms. The lowest BCUT2D eigenvalue weighted by atomic mass is 10.2. The maximum absolute atomic E-state index is 11.6. The van der Waals surface area contributed by atoms with Gasteiger partial charge in [-0.2, -0.15) is 11.8 Å². The second-order valence-corrected chi connectivity index (χ2v) is 5.64. The van der Waals surface area contributed by atoms with Gasteiger partial charge in [0.1, 0.15) is 19.2 Å². The summed E-state index contributed by atoms with van der Waals surface area (Å²) < 4.78 is 4.95. The van der Waals surface area contributed by atoms with Crippen LogP contribution >= 0.6 is 11.8 Å². The molecule has 0 fully saturated rings. The van der Waals surface area contributed by atoms with Gasteiger partial charge in [0.2, 0.25) is 5.91 Å². The molecular formula is C15H20N2O5S. The van der Waals surface area contributed by atoms with Crippen LogP contribution < -0.4 is 10.6 Å². The van der Waals surface area contributed by atoms with E-state index in [1.807, 2.05) is 36.6 Å². The van der Waals surface area contributed by atoms with Crippen LogP contribution in [0, 0.1) is 0 Å². The minimum atomic E-state index is -1.10. The predicted molar refractivity (Wildman–Crippen MR) is 87.2 cm³/mol. The minimum Gasteiger partial charge on any atom is -0.480 e. The van der Waals surface area contributed by atoms with Gasteiger partial charge in [0, 0.05) is 0 Å². The Morgan fingerprint density at radius 3 is 2.57 bits per heavy atom. The van der Waals surface area contributed by atoms with Crippen LogP contribution in [0.4, 0.5) is 4.79 Å². The highest BCUT2D eigenvalue weighted by Gasteiger charge is 2.19. The zero-order valence-electron chi connectivity index (χ0n) is 12.8. The molecule has 0 aliphatic heterocycles. The fourth-order valence-corrected chi connectivity index (χ4v) is 2.14. The Bertz CT molecular complexity index is 524. The summed E-state index contributed by atoms with van der Waals surface area (Å²) >= 11 is 1.49. The number of carbonyl (C=O) groups excluding carboxylic acids is 2. The number of benzene rings is 1. The number of alkyl carbamates (subject to hydrolysis) is 1. The number of thioether (sulfide) groups is 1. The highest BCUT2D eigenvalue weighted by molar-refractivity contribution is 7.98. The molecule has 1 rings (SSSR count). The first-order valence-electron chi connectivity index (χ1n) is 6.98. The van der Waals surface area contributed by atoms with Gasteiger partial charge in [-0.15, -0.1) is 0 Å². The minimum absolute atomic E-state index is 0.0970. The molecule has 1 atom stereocenters. The first-order chi connectivity index (χ1) is 11.0. The van der Waals surface area contributed by atoms with Gasteiger partial charge in [-0.3, -0.25) is 4.79 Å². The van der Waals surface area contributed by atoms with Crippen molar-refractivity contribution in [1.82, 2.24) is 10.6 Å². The number of rotatable bonds is 9. The Balaban J connectivity index is 2.28. The van der Waals surface area contributed by atoms with E-state index in [4.69, 9.17) is 9.84 Å². The first kappa shape index (κ1) is 18.8. The number of carboxylic acid groups (broad SMARTS) is 1. The number of aliphatic carboxylic acids is 1. The zero-order valence-corrected chi connectivity index (χ0v) is 13.6. The van der Waals surface area contributed by atoms with Crippen LogP contribution in [-0.2, 0) is 20.9 Å². The Labute approximate surface area is 138 Å². The molecule has 0 aliphatic rings. The standard InChI is InChI=1S/C15H20N2O5S/c1-23-8-7-12(14(19)20)17-13(18)9-16-15(21)22-10-11-5-3-2-4-6-11/h2-6,12H,7-10H2,1H3,(H,16,21)(H,17,18)(H,19,20). The van der Waals surface area contributed by atoms with Crippen molar-refractivity contribution >= 4 is 29.7 Å². The third-order valence-electron chi connectivity index (χ3n) is 2.85. The molecule has 0 saturated heterocycles. The lowest BCUT2D eigenvalue weighted by Crippen LogP contribution is -2.45. The summed E-state index contributed by atoms with van der Waals surface area (Å²) in [6.45, 7) is -0.240.